The maximum Gasteiger partial charge on any atom is 0.331 e. The molecule has 1 fully saturated rings. The molecule has 0 aliphatic heterocycles. The lowest BCUT2D eigenvalue weighted by Crippen LogP contribution is -2.40. The molecular weight excluding hydrogens is 380 g/mol. The van der Waals surface area contributed by atoms with E-state index in [9.17, 15) is 30.0 Å². The van der Waals surface area contributed by atoms with E-state index in [0.29, 0.717) is 24.8 Å². The summed E-state index contributed by atoms with van der Waals surface area (Å²) in [4.78, 5) is 24.3. The molecule has 8 nitrogen and oxygen atoms in total. The van der Waals surface area contributed by atoms with Gasteiger partial charge in [0.2, 0.25) is 0 Å². The molecule has 0 heterocycles. The van der Waals surface area contributed by atoms with Crippen LogP contribution in [0, 0.1) is 5.92 Å². The number of carbonyl (C=O) groups excluding carboxylic acids is 2. The molecule has 29 heavy (non-hydrogen) atoms. The van der Waals surface area contributed by atoms with Crippen molar-refractivity contribution in [3.05, 3.63) is 29.8 Å². The summed E-state index contributed by atoms with van der Waals surface area (Å²) in [6, 6.07) is 4.08. The quantitative estimate of drug-likeness (QED) is 0.291. The molecule has 0 aromatic heterocycles. The molecule has 2 rings (SSSR count). The fourth-order valence-electron chi connectivity index (χ4n) is 3.16. The van der Waals surface area contributed by atoms with Crippen molar-refractivity contribution >= 4 is 18.0 Å². The van der Waals surface area contributed by atoms with E-state index in [1.165, 1.54) is 24.3 Å². The summed E-state index contributed by atoms with van der Waals surface area (Å²) in [5, 5.41) is 38.5. The number of ether oxygens (including phenoxy) is 2. The van der Waals surface area contributed by atoms with Crippen molar-refractivity contribution < 1.29 is 39.5 Å². The van der Waals surface area contributed by atoms with Crippen LogP contribution in [0.15, 0.2) is 24.3 Å². The number of esters is 2. The summed E-state index contributed by atoms with van der Waals surface area (Å²) in [5.74, 6) is -2.26. The van der Waals surface area contributed by atoms with E-state index < -0.39 is 36.2 Å². The van der Waals surface area contributed by atoms with Crippen LogP contribution in [0.5, 0.6) is 11.5 Å². The van der Waals surface area contributed by atoms with Crippen LogP contribution in [0.1, 0.15) is 44.6 Å². The van der Waals surface area contributed by atoms with E-state index in [-0.39, 0.29) is 24.5 Å². The molecule has 0 amide bonds. The van der Waals surface area contributed by atoms with Crippen LogP contribution in [0.25, 0.3) is 6.08 Å². The standard InChI is InChI=1S/C21H28O8/c1-2-3-15(22)12-28-21(27)14-6-8-17(24)19(11-14)29-20(26)9-5-13-4-7-16(23)18(25)10-13/h4-5,7,9-10,14-15,17,19,22-25H,2-3,6,8,11-12H2,1H3/b9-5+/t14?,15?,17-,19-/m1/s1. The van der Waals surface area contributed by atoms with Crippen molar-refractivity contribution in [1.82, 2.24) is 0 Å². The van der Waals surface area contributed by atoms with E-state index in [1.807, 2.05) is 6.92 Å². The first-order chi connectivity index (χ1) is 13.8. The molecule has 1 saturated carbocycles. The Bertz CT molecular complexity index is 729. The second-order valence-electron chi connectivity index (χ2n) is 7.21. The lowest BCUT2D eigenvalue weighted by Gasteiger charge is -2.31. The molecule has 4 N–H and O–H groups in total. The Labute approximate surface area is 169 Å². The van der Waals surface area contributed by atoms with E-state index in [0.717, 1.165) is 12.5 Å². The second-order valence-corrected chi connectivity index (χ2v) is 7.21. The summed E-state index contributed by atoms with van der Waals surface area (Å²) >= 11 is 0. The maximum atomic E-state index is 12.2. The number of aromatic hydroxyl groups is 2. The summed E-state index contributed by atoms with van der Waals surface area (Å²) in [7, 11) is 0. The topological polar surface area (TPSA) is 134 Å². The van der Waals surface area contributed by atoms with Gasteiger partial charge >= 0.3 is 11.9 Å². The summed E-state index contributed by atoms with van der Waals surface area (Å²) in [5.41, 5.74) is 0.480. The molecule has 0 saturated heterocycles. The van der Waals surface area contributed by atoms with Gasteiger partial charge < -0.3 is 29.9 Å². The fraction of sp³-hybridized carbons (Fsp3) is 0.524. The zero-order valence-electron chi connectivity index (χ0n) is 16.4. The Morgan fingerprint density at radius 3 is 2.69 bits per heavy atom. The molecule has 1 aromatic carbocycles. The average Bonchev–Trinajstić information content (AvgIpc) is 2.69. The van der Waals surface area contributed by atoms with Gasteiger partial charge in [0.25, 0.3) is 0 Å². The molecule has 0 spiro atoms. The third-order valence-electron chi connectivity index (χ3n) is 4.81. The third-order valence-corrected chi connectivity index (χ3v) is 4.81. The number of hydrogen-bond donors (Lipinski definition) is 4. The number of aliphatic hydroxyl groups is 2. The molecule has 1 aliphatic carbocycles. The van der Waals surface area contributed by atoms with E-state index in [1.54, 1.807) is 0 Å². The van der Waals surface area contributed by atoms with Gasteiger partial charge in [-0.15, -0.1) is 0 Å². The molecule has 2 unspecified atom stereocenters. The first-order valence-electron chi connectivity index (χ1n) is 9.73. The highest BCUT2D eigenvalue weighted by Crippen LogP contribution is 2.29. The molecule has 1 aliphatic rings. The van der Waals surface area contributed by atoms with Crippen LogP contribution in [0.2, 0.25) is 0 Å². The first kappa shape index (κ1) is 22.7. The van der Waals surface area contributed by atoms with Crippen LogP contribution >= 0.6 is 0 Å². The van der Waals surface area contributed by atoms with Gasteiger partial charge in [0.15, 0.2) is 11.5 Å². The zero-order valence-corrected chi connectivity index (χ0v) is 16.4. The van der Waals surface area contributed by atoms with Gasteiger partial charge in [0.1, 0.15) is 12.7 Å². The second kappa shape index (κ2) is 10.8. The molecule has 160 valence electrons. The number of carbonyl (C=O) groups is 2. The molecule has 0 radical (unpaired) electrons. The minimum absolute atomic E-state index is 0.0710. The Hall–Kier alpha value is -2.58. The predicted molar refractivity (Wildman–Crippen MR) is 104 cm³/mol. The largest absolute Gasteiger partial charge is 0.504 e. The van der Waals surface area contributed by atoms with Gasteiger partial charge in [-0.05, 0) is 43.0 Å². The van der Waals surface area contributed by atoms with Crippen LogP contribution in [0.4, 0.5) is 0 Å². The number of rotatable bonds is 8. The fourth-order valence-corrected chi connectivity index (χ4v) is 3.16. The average molecular weight is 408 g/mol. The van der Waals surface area contributed by atoms with Crippen LogP contribution in [-0.2, 0) is 19.1 Å². The number of phenols is 2. The van der Waals surface area contributed by atoms with Gasteiger partial charge in [-0.3, -0.25) is 4.79 Å². The van der Waals surface area contributed by atoms with Crippen LogP contribution < -0.4 is 0 Å². The molecule has 8 heteroatoms. The summed E-state index contributed by atoms with van der Waals surface area (Å²) in [6.07, 6.45) is 2.31. The molecule has 0 bridgehead atoms. The third kappa shape index (κ3) is 7.07. The maximum absolute atomic E-state index is 12.2. The van der Waals surface area contributed by atoms with Gasteiger partial charge in [-0.1, -0.05) is 19.4 Å². The number of phenolic OH excluding ortho intramolecular Hbond substituents is 2. The van der Waals surface area contributed by atoms with Crippen molar-refractivity contribution in [1.29, 1.82) is 0 Å². The Morgan fingerprint density at radius 1 is 1.24 bits per heavy atom. The van der Waals surface area contributed by atoms with Gasteiger partial charge in [0.05, 0.1) is 18.1 Å². The normalized spacial score (nSPS) is 22.9. The minimum Gasteiger partial charge on any atom is -0.504 e. The predicted octanol–water partition coefficient (Wildman–Crippen LogP) is 1.89. The van der Waals surface area contributed by atoms with E-state index >= 15 is 0 Å². The van der Waals surface area contributed by atoms with E-state index in [4.69, 9.17) is 9.47 Å². The number of benzene rings is 1. The summed E-state index contributed by atoms with van der Waals surface area (Å²) in [6.45, 7) is 1.85. The Morgan fingerprint density at radius 2 is 2.00 bits per heavy atom. The summed E-state index contributed by atoms with van der Waals surface area (Å²) < 4.78 is 10.4. The lowest BCUT2D eigenvalue weighted by molar-refractivity contribution is -0.163. The lowest BCUT2D eigenvalue weighted by atomic mass is 9.85. The van der Waals surface area contributed by atoms with Crippen LogP contribution in [-0.4, -0.2) is 57.3 Å². The Kier molecular flexibility index (Phi) is 8.48. The van der Waals surface area contributed by atoms with Crippen LogP contribution in [0.3, 0.4) is 0 Å². The van der Waals surface area contributed by atoms with Gasteiger partial charge in [-0.2, -0.15) is 0 Å². The number of aliphatic hydroxyl groups excluding tert-OH is 2. The number of hydrogen-bond acceptors (Lipinski definition) is 8. The van der Waals surface area contributed by atoms with Crippen molar-refractivity contribution in [2.75, 3.05) is 6.61 Å². The smallest absolute Gasteiger partial charge is 0.331 e. The van der Waals surface area contributed by atoms with Gasteiger partial charge in [-0.25, -0.2) is 4.79 Å². The highest BCUT2D eigenvalue weighted by Gasteiger charge is 2.36. The van der Waals surface area contributed by atoms with E-state index in [2.05, 4.69) is 0 Å². The minimum atomic E-state index is -0.875. The van der Waals surface area contributed by atoms with Crippen molar-refractivity contribution in [2.24, 2.45) is 5.92 Å². The highest BCUT2D eigenvalue weighted by molar-refractivity contribution is 5.87. The monoisotopic (exact) mass is 408 g/mol. The Balaban J connectivity index is 1.88. The highest BCUT2D eigenvalue weighted by atomic mass is 16.6. The molecular formula is C21H28O8. The zero-order chi connectivity index (χ0) is 21.4. The van der Waals surface area contributed by atoms with Crippen molar-refractivity contribution in [2.45, 2.75) is 57.3 Å². The first-order valence-corrected chi connectivity index (χ1v) is 9.73. The molecule has 1 aromatic rings. The van der Waals surface area contributed by atoms with Crippen molar-refractivity contribution in [3.63, 3.8) is 0 Å². The van der Waals surface area contributed by atoms with Gasteiger partial charge in [0, 0.05) is 12.5 Å². The SMILES string of the molecule is CCCC(O)COC(=O)C1CC[C@@H](O)[C@H](OC(=O)/C=C/c2ccc(O)c(O)c2)C1. The molecule has 4 atom stereocenters. The van der Waals surface area contributed by atoms with Crippen molar-refractivity contribution in [3.8, 4) is 11.5 Å².